The van der Waals surface area contributed by atoms with Gasteiger partial charge >= 0.3 is 0 Å². The molecule has 5 nitrogen and oxygen atoms in total. The van der Waals surface area contributed by atoms with Crippen LogP contribution in [0.15, 0.2) is 57.2 Å². The zero-order chi connectivity index (χ0) is 21.1. The number of non-ortho nitro benzene ring substituents is 1. The number of nitro benzene ring substituents is 1. The summed E-state index contributed by atoms with van der Waals surface area (Å²) < 4.78 is 0. The highest BCUT2D eigenvalue weighted by Crippen LogP contribution is 2.40. The van der Waals surface area contributed by atoms with E-state index in [1.165, 1.54) is 28.8 Å². The summed E-state index contributed by atoms with van der Waals surface area (Å²) >= 11 is 8.99. The van der Waals surface area contributed by atoms with E-state index in [1.807, 2.05) is 12.1 Å². The fraction of sp³-hybridized carbons (Fsp3) is 0.182. The Bertz CT molecular complexity index is 1180. The Kier molecular flexibility index (Phi) is 6.18. The van der Waals surface area contributed by atoms with Gasteiger partial charge < -0.3 is 0 Å². The Hall–Kier alpha value is -2.66. The van der Waals surface area contributed by atoms with Crippen molar-refractivity contribution in [2.45, 2.75) is 35.5 Å². The summed E-state index contributed by atoms with van der Waals surface area (Å²) in [6.07, 6.45) is 5.75. The lowest BCUT2D eigenvalue weighted by Crippen LogP contribution is -1.99. The minimum Gasteiger partial charge on any atom is -0.258 e. The van der Waals surface area contributed by atoms with Crippen LogP contribution in [0.2, 0.25) is 5.02 Å². The van der Waals surface area contributed by atoms with Crippen molar-refractivity contribution in [2.24, 2.45) is 4.99 Å². The van der Waals surface area contributed by atoms with Crippen LogP contribution in [-0.2, 0) is 12.8 Å². The average molecular weight is 454 g/mol. The molecule has 30 heavy (non-hydrogen) atoms. The molecule has 8 heteroatoms. The summed E-state index contributed by atoms with van der Waals surface area (Å²) in [5.41, 5.74) is 2.40. The number of hydrogen-bond acceptors (Lipinski definition) is 6. The van der Waals surface area contributed by atoms with E-state index in [-0.39, 0.29) is 5.69 Å². The third kappa shape index (κ3) is 4.41. The van der Waals surface area contributed by atoms with Gasteiger partial charge in [-0.25, -0.2) is 4.99 Å². The number of aliphatic imine (C=N–C) groups is 1. The van der Waals surface area contributed by atoms with Gasteiger partial charge in [0.25, 0.3) is 5.69 Å². The number of halogens is 1. The highest BCUT2D eigenvalue weighted by atomic mass is 35.5. The monoisotopic (exact) mass is 453 g/mol. The first-order chi connectivity index (χ1) is 14.5. The minimum absolute atomic E-state index is 0.00267. The molecule has 0 unspecified atom stereocenters. The van der Waals surface area contributed by atoms with Gasteiger partial charge in [-0.05, 0) is 61.6 Å². The Morgan fingerprint density at radius 1 is 1.20 bits per heavy atom. The molecule has 1 aromatic heterocycles. The largest absolute Gasteiger partial charge is 0.270 e. The van der Waals surface area contributed by atoms with E-state index in [4.69, 9.17) is 11.6 Å². The zero-order valence-corrected chi connectivity index (χ0v) is 18.2. The zero-order valence-electron chi connectivity index (χ0n) is 15.8. The van der Waals surface area contributed by atoms with E-state index in [2.05, 4.69) is 11.1 Å². The predicted octanol–water partition coefficient (Wildman–Crippen LogP) is 6.96. The third-order valence-corrected chi connectivity index (χ3v) is 7.38. The molecule has 0 aliphatic heterocycles. The maximum atomic E-state index is 11.3. The molecule has 150 valence electrons. The molecule has 0 bridgehead atoms. The summed E-state index contributed by atoms with van der Waals surface area (Å²) in [7, 11) is 0. The lowest BCUT2D eigenvalue weighted by molar-refractivity contribution is -0.384. The lowest BCUT2D eigenvalue weighted by Gasteiger charge is -2.09. The fourth-order valence-corrected chi connectivity index (χ4v) is 5.56. The van der Waals surface area contributed by atoms with Gasteiger partial charge in [0, 0.05) is 43.6 Å². The SMILES string of the molecule is N#Cc1c(N=Cc2cc([N+](=O)[O-])ccc2Sc2ccc(Cl)cc2)sc2c1CCCC2. The van der Waals surface area contributed by atoms with Crippen LogP contribution in [0, 0.1) is 21.4 Å². The molecule has 0 saturated heterocycles. The van der Waals surface area contributed by atoms with Gasteiger partial charge in [0.1, 0.15) is 11.1 Å². The normalized spacial score (nSPS) is 13.2. The van der Waals surface area contributed by atoms with Crippen molar-refractivity contribution in [1.29, 1.82) is 5.26 Å². The van der Waals surface area contributed by atoms with E-state index in [1.54, 1.807) is 35.8 Å². The summed E-state index contributed by atoms with van der Waals surface area (Å²) in [5, 5.41) is 22.2. The van der Waals surface area contributed by atoms with Gasteiger partial charge in [-0.1, -0.05) is 23.4 Å². The van der Waals surface area contributed by atoms with E-state index >= 15 is 0 Å². The summed E-state index contributed by atoms with van der Waals surface area (Å²) in [6, 6.07) is 14.4. The van der Waals surface area contributed by atoms with Gasteiger partial charge in [-0.2, -0.15) is 5.26 Å². The molecule has 0 fully saturated rings. The number of thiophene rings is 1. The number of nitriles is 1. The molecule has 0 saturated carbocycles. The Labute approximate surface area is 187 Å². The standard InChI is InChI=1S/C22H16ClN3O2S2/c23-15-5-8-17(9-6-15)29-20-10-7-16(26(27)28)11-14(20)13-25-22-19(12-24)18-3-1-2-4-21(18)30-22/h5-11,13H,1-4H2. The van der Waals surface area contributed by atoms with Crippen LogP contribution in [0.1, 0.15) is 34.4 Å². The van der Waals surface area contributed by atoms with Crippen molar-refractivity contribution in [3.05, 3.63) is 79.2 Å². The topological polar surface area (TPSA) is 79.3 Å². The number of nitro groups is 1. The van der Waals surface area contributed by atoms with Gasteiger partial charge in [0.2, 0.25) is 0 Å². The molecule has 0 atom stereocenters. The smallest absolute Gasteiger partial charge is 0.258 e. The molecule has 2 aromatic carbocycles. The number of hydrogen-bond donors (Lipinski definition) is 0. The van der Waals surface area contributed by atoms with Gasteiger partial charge in [-0.15, -0.1) is 11.3 Å². The van der Waals surface area contributed by atoms with Crippen molar-refractivity contribution in [3.8, 4) is 6.07 Å². The fourth-order valence-electron chi connectivity index (χ4n) is 3.36. The molecule has 0 spiro atoms. The van der Waals surface area contributed by atoms with Gasteiger partial charge in [0.05, 0.1) is 10.5 Å². The van der Waals surface area contributed by atoms with E-state index in [0.29, 0.717) is 21.2 Å². The second-order valence-corrected chi connectivity index (χ2v) is 9.43. The summed E-state index contributed by atoms with van der Waals surface area (Å²) in [6.45, 7) is 0. The van der Waals surface area contributed by atoms with Crippen LogP contribution in [0.25, 0.3) is 0 Å². The van der Waals surface area contributed by atoms with Crippen LogP contribution in [0.4, 0.5) is 10.7 Å². The number of rotatable bonds is 5. The van der Waals surface area contributed by atoms with Crippen LogP contribution >= 0.6 is 34.7 Å². The average Bonchev–Trinajstić information content (AvgIpc) is 3.12. The first-order valence-corrected chi connectivity index (χ1v) is 11.4. The second kappa shape index (κ2) is 9.00. The summed E-state index contributed by atoms with van der Waals surface area (Å²) in [4.78, 5) is 18.5. The van der Waals surface area contributed by atoms with Crippen molar-refractivity contribution in [2.75, 3.05) is 0 Å². The molecule has 3 aromatic rings. The summed E-state index contributed by atoms with van der Waals surface area (Å²) in [5.74, 6) is 0. The Morgan fingerprint density at radius 3 is 2.70 bits per heavy atom. The highest BCUT2D eigenvalue weighted by Gasteiger charge is 2.20. The number of benzene rings is 2. The molecular formula is C22H16ClN3O2S2. The van der Waals surface area contributed by atoms with E-state index in [0.717, 1.165) is 41.0 Å². The van der Waals surface area contributed by atoms with Crippen LogP contribution in [0.5, 0.6) is 0 Å². The van der Waals surface area contributed by atoms with E-state index in [9.17, 15) is 15.4 Å². The second-order valence-electron chi connectivity index (χ2n) is 6.80. The quantitative estimate of drug-likeness (QED) is 0.237. The Morgan fingerprint density at radius 2 is 1.97 bits per heavy atom. The maximum Gasteiger partial charge on any atom is 0.270 e. The highest BCUT2D eigenvalue weighted by molar-refractivity contribution is 7.99. The molecule has 0 N–H and O–H groups in total. The number of aryl methyl sites for hydroxylation is 1. The van der Waals surface area contributed by atoms with E-state index < -0.39 is 4.92 Å². The maximum absolute atomic E-state index is 11.3. The van der Waals surface area contributed by atoms with Crippen molar-refractivity contribution in [3.63, 3.8) is 0 Å². The van der Waals surface area contributed by atoms with Gasteiger partial charge in [0.15, 0.2) is 0 Å². The predicted molar refractivity (Wildman–Crippen MR) is 122 cm³/mol. The van der Waals surface area contributed by atoms with Crippen LogP contribution in [0.3, 0.4) is 0 Å². The molecule has 4 rings (SSSR count). The number of fused-ring (bicyclic) bond motifs is 1. The first kappa shape index (κ1) is 20.6. The molecule has 0 radical (unpaired) electrons. The van der Waals surface area contributed by atoms with Crippen LogP contribution < -0.4 is 0 Å². The first-order valence-electron chi connectivity index (χ1n) is 9.35. The molecule has 0 amide bonds. The Balaban J connectivity index is 1.71. The molecule has 1 aliphatic carbocycles. The van der Waals surface area contributed by atoms with Crippen molar-refractivity contribution < 1.29 is 4.92 Å². The molecular weight excluding hydrogens is 438 g/mol. The minimum atomic E-state index is -0.418. The third-order valence-electron chi connectivity index (χ3n) is 4.83. The molecule has 1 aliphatic rings. The molecule has 1 heterocycles. The lowest BCUT2D eigenvalue weighted by atomic mass is 9.96. The number of nitrogens with zero attached hydrogens (tertiary/aromatic N) is 3. The van der Waals surface area contributed by atoms with Crippen LogP contribution in [-0.4, -0.2) is 11.1 Å². The van der Waals surface area contributed by atoms with Crippen molar-refractivity contribution >= 4 is 51.6 Å². The van der Waals surface area contributed by atoms with Gasteiger partial charge in [-0.3, -0.25) is 10.1 Å². The van der Waals surface area contributed by atoms with Crippen molar-refractivity contribution in [1.82, 2.24) is 0 Å².